The number of nitro benzene ring substituents is 1. The first kappa shape index (κ1) is 30.5. The number of anilines is 2. The number of methoxy groups -OCH3 is 1. The maximum atomic E-state index is 13.3. The zero-order valence-corrected chi connectivity index (χ0v) is 24.1. The van der Waals surface area contributed by atoms with Crippen LogP contribution < -0.4 is 20.7 Å². The van der Waals surface area contributed by atoms with Gasteiger partial charge in [-0.1, -0.05) is 30.3 Å². The number of hydrogen-bond acceptors (Lipinski definition) is 7. The molecule has 0 radical (unpaired) electrons. The Kier molecular flexibility index (Phi) is 10.3. The summed E-state index contributed by atoms with van der Waals surface area (Å²) in [7, 11) is 1.54. The van der Waals surface area contributed by atoms with Crippen LogP contribution in [-0.2, 0) is 9.59 Å². The average Bonchev–Trinajstić information content (AvgIpc) is 3.01. The molecule has 0 spiro atoms. The van der Waals surface area contributed by atoms with E-state index < -0.39 is 16.7 Å². The molecule has 4 rings (SSSR count). The second-order valence-corrected chi connectivity index (χ2v) is 10.3. The zero-order chi connectivity index (χ0) is 30.8. The van der Waals surface area contributed by atoms with Crippen LogP contribution in [0.3, 0.4) is 0 Å². The summed E-state index contributed by atoms with van der Waals surface area (Å²) >= 11 is 1.29. The van der Waals surface area contributed by atoms with Crippen molar-refractivity contribution in [3.05, 3.63) is 130 Å². The van der Waals surface area contributed by atoms with Gasteiger partial charge in [-0.2, -0.15) is 0 Å². The SMILES string of the molecule is COc1cccc(/C=C(\NC(=O)c2ccccc2)C(=O)Nc2ccc(SCC(=O)Nc3ccc([N+](=O)[O-])cc3C)cc2)c1. The lowest BCUT2D eigenvalue weighted by Crippen LogP contribution is -2.30. The van der Waals surface area contributed by atoms with Gasteiger partial charge in [-0.3, -0.25) is 24.5 Å². The Morgan fingerprint density at radius 3 is 2.33 bits per heavy atom. The molecule has 0 atom stereocenters. The third-order valence-electron chi connectivity index (χ3n) is 6.11. The van der Waals surface area contributed by atoms with E-state index in [0.717, 1.165) is 4.90 Å². The smallest absolute Gasteiger partial charge is 0.272 e. The Labute approximate surface area is 252 Å². The third-order valence-corrected chi connectivity index (χ3v) is 7.12. The molecule has 0 bridgehead atoms. The van der Waals surface area contributed by atoms with Crippen LogP contribution in [0.25, 0.3) is 6.08 Å². The normalized spacial score (nSPS) is 10.9. The number of rotatable bonds is 11. The largest absolute Gasteiger partial charge is 0.497 e. The van der Waals surface area contributed by atoms with E-state index in [9.17, 15) is 24.5 Å². The minimum Gasteiger partial charge on any atom is -0.497 e. The Balaban J connectivity index is 1.40. The van der Waals surface area contributed by atoms with Crippen molar-refractivity contribution in [2.45, 2.75) is 11.8 Å². The molecule has 3 N–H and O–H groups in total. The molecule has 0 fully saturated rings. The van der Waals surface area contributed by atoms with Crippen LogP contribution in [0.1, 0.15) is 21.5 Å². The molecule has 4 aromatic rings. The van der Waals surface area contributed by atoms with Crippen LogP contribution in [0.4, 0.5) is 17.1 Å². The number of benzene rings is 4. The van der Waals surface area contributed by atoms with Gasteiger partial charge in [0.05, 0.1) is 17.8 Å². The van der Waals surface area contributed by atoms with Gasteiger partial charge in [0, 0.05) is 34.0 Å². The fraction of sp³-hybridized carbons (Fsp3) is 0.0938. The number of nitrogens with one attached hydrogen (secondary N) is 3. The molecular formula is C32H28N4O6S. The molecule has 0 aromatic heterocycles. The van der Waals surface area contributed by atoms with Crippen molar-refractivity contribution in [3.63, 3.8) is 0 Å². The topological polar surface area (TPSA) is 140 Å². The number of thioether (sulfide) groups is 1. The number of aryl methyl sites for hydroxylation is 1. The summed E-state index contributed by atoms with van der Waals surface area (Å²) < 4.78 is 5.27. The van der Waals surface area contributed by atoms with E-state index in [-0.39, 0.29) is 23.0 Å². The first-order valence-corrected chi connectivity index (χ1v) is 14.0. The van der Waals surface area contributed by atoms with Crippen LogP contribution in [0.15, 0.2) is 108 Å². The van der Waals surface area contributed by atoms with Crippen molar-refractivity contribution in [2.24, 2.45) is 0 Å². The second-order valence-electron chi connectivity index (χ2n) is 9.23. The number of amides is 3. The van der Waals surface area contributed by atoms with E-state index >= 15 is 0 Å². The van der Waals surface area contributed by atoms with Gasteiger partial charge in [0.25, 0.3) is 17.5 Å². The van der Waals surface area contributed by atoms with Gasteiger partial charge in [0.2, 0.25) is 5.91 Å². The van der Waals surface area contributed by atoms with Gasteiger partial charge in [-0.05, 0) is 78.7 Å². The fourth-order valence-corrected chi connectivity index (χ4v) is 4.61. The van der Waals surface area contributed by atoms with E-state index in [0.29, 0.717) is 33.8 Å². The molecule has 11 heteroatoms. The Bertz CT molecular complexity index is 1670. The van der Waals surface area contributed by atoms with Crippen LogP contribution in [0, 0.1) is 17.0 Å². The number of nitrogens with zero attached hydrogens (tertiary/aromatic N) is 1. The molecule has 4 aromatic carbocycles. The van der Waals surface area contributed by atoms with Crippen molar-refractivity contribution in [1.82, 2.24) is 5.32 Å². The highest BCUT2D eigenvalue weighted by Gasteiger charge is 2.16. The van der Waals surface area contributed by atoms with E-state index in [1.165, 1.54) is 30.0 Å². The molecule has 0 unspecified atom stereocenters. The zero-order valence-electron chi connectivity index (χ0n) is 23.3. The number of ether oxygens (including phenoxy) is 1. The number of hydrogen-bond donors (Lipinski definition) is 3. The van der Waals surface area contributed by atoms with Gasteiger partial charge < -0.3 is 20.7 Å². The van der Waals surface area contributed by atoms with Crippen LogP contribution in [0.2, 0.25) is 0 Å². The summed E-state index contributed by atoms with van der Waals surface area (Å²) in [5.41, 5.74) is 2.65. The summed E-state index contributed by atoms with van der Waals surface area (Å²) in [6.07, 6.45) is 1.56. The average molecular weight is 597 g/mol. The van der Waals surface area contributed by atoms with Crippen molar-refractivity contribution >= 4 is 52.6 Å². The van der Waals surface area contributed by atoms with Crippen molar-refractivity contribution in [3.8, 4) is 5.75 Å². The van der Waals surface area contributed by atoms with Gasteiger partial charge >= 0.3 is 0 Å². The molecule has 218 valence electrons. The first-order chi connectivity index (χ1) is 20.7. The molecule has 43 heavy (non-hydrogen) atoms. The molecule has 0 saturated heterocycles. The van der Waals surface area contributed by atoms with Crippen molar-refractivity contribution in [2.75, 3.05) is 23.5 Å². The molecular weight excluding hydrogens is 568 g/mol. The second kappa shape index (κ2) is 14.5. The van der Waals surface area contributed by atoms with Crippen LogP contribution >= 0.6 is 11.8 Å². The molecule has 3 amide bonds. The number of nitro groups is 1. The lowest BCUT2D eigenvalue weighted by atomic mass is 10.1. The highest BCUT2D eigenvalue weighted by molar-refractivity contribution is 8.00. The van der Waals surface area contributed by atoms with Crippen LogP contribution in [-0.4, -0.2) is 35.5 Å². The molecule has 0 aliphatic carbocycles. The number of carbonyl (C=O) groups excluding carboxylic acids is 3. The summed E-state index contributed by atoms with van der Waals surface area (Å²) in [5.74, 6) is -0.501. The van der Waals surface area contributed by atoms with Gasteiger partial charge in [-0.15, -0.1) is 11.8 Å². The minimum atomic E-state index is -0.523. The van der Waals surface area contributed by atoms with Crippen molar-refractivity contribution in [1.29, 1.82) is 0 Å². The third kappa shape index (κ3) is 8.78. The van der Waals surface area contributed by atoms with E-state index in [2.05, 4.69) is 16.0 Å². The van der Waals surface area contributed by atoms with Crippen molar-refractivity contribution < 1.29 is 24.0 Å². The van der Waals surface area contributed by atoms with Gasteiger partial charge in [-0.25, -0.2) is 0 Å². The standard InChI is InChI=1S/C32H28N4O6S/c1-21-17-25(36(40)41)13-16-28(21)34-30(37)20-43-27-14-11-24(12-15-27)33-32(39)29(19-22-7-6-10-26(18-22)42-2)35-31(38)23-8-4-3-5-9-23/h3-19H,20H2,1-2H3,(H,33,39)(H,34,37)(H,35,38)/b29-19-. The fourth-order valence-electron chi connectivity index (χ4n) is 3.91. The van der Waals surface area contributed by atoms with Gasteiger partial charge in [0.15, 0.2) is 0 Å². The van der Waals surface area contributed by atoms with E-state index in [1.807, 2.05) is 0 Å². The monoisotopic (exact) mass is 596 g/mol. The lowest BCUT2D eigenvalue weighted by Gasteiger charge is -2.12. The first-order valence-electron chi connectivity index (χ1n) is 13.0. The molecule has 0 aliphatic heterocycles. The quantitative estimate of drug-likeness (QED) is 0.0829. The summed E-state index contributed by atoms with van der Waals surface area (Å²) in [6.45, 7) is 1.69. The maximum Gasteiger partial charge on any atom is 0.272 e. The number of carbonyl (C=O) groups is 3. The predicted molar refractivity (Wildman–Crippen MR) is 167 cm³/mol. The Hall–Kier alpha value is -5.42. The summed E-state index contributed by atoms with van der Waals surface area (Å²) in [4.78, 5) is 49.8. The lowest BCUT2D eigenvalue weighted by molar-refractivity contribution is -0.384. The molecule has 0 heterocycles. The molecule has 10 nitrogen and oxygen atoms in total. The van der Waals surface area contributed by atoms with E-state index in [1.54, 1.807) is 99.0 Å². The summed E-state index contributed by atoms with van der Waals surface area (Å²) in [6, 6.07) is 26.8. The molecule has 0 aliphatic rings. The predicted octanol–water partition coefficient (Wildman–Crippen LogP) is 6.05. The summed E-state index contributed by atoms with van der Waals surface area (Å²) in [5, 5.41) is 19.2. The molecule has 0 saturated carbocycles. The highest BCUT2D eigenvalue weighted by Crippen LogP contribution is 2.24. The van der Waals surface area contributed by atoms with E-state index in [4.69, 9.17) is 4.74 Å². The highest BCUT2D eigenvalue weighted by atomic mass is 32.2. The Morgan fingerprint density at radius 2 is 1.65 bits per heavy atom. The maximum absolute atomic E-state index is 13.3. The number of non-ortho nitro benzene ring substituents is 1. The Morgan fingerprint density at radius 1 is 0.907 bits per heavy atom. The van der Waals surface area contributed by atoms with Gasteiger partial charge in [0.1, 0.15) is 11.4 Å². The minimum absolute atomic E-state index is 0.0405. The van der Waals surface area contributed by atoms with Crippen LogP contribution in [0.5, 0.6) is 5.75 Å².